The van der Waals surface area contributed by atoms with Crippen molar-refractivity contribution in [3.8, 4) is 0 Å². The molecule has 0 aliphatic heterocycles. The summed E-state index contributed by atoms with van der Waals surface area (Å²) in [4.78, 5) is 34.9. The van der Waals surface area contributed by atoms with Crippen molar-refractivity contribution >= 4 is 19.8 Å². The van der Waals surface area contributed by atoms with Gasteiger partial charge in [0.1, 0.15) is 6.61 Å². The van der Waals surface area contributed by atoms with Gasteiger partial charge < -0.3 is 20.1 Å². The summed E-state index contributed by atoms with van der Waals surface area (Å²) in [6, 6.07) is 0. The molecule has 0 amide bonds. The van der Waals surface area contributed by atoms with Crippen molar-refractivity contribution in [2.75, 3.05) is 26.4 Å². The summed E-state index contributed by atoms with van der Waals surface area (Å²) in [7, 11) is -4.37. The fourth-order valence-corrected chi connectivity index (χ4v) is 6.84. The van der Waals surface area contributed by atoms with Crippen LogP contribution in [0.2, 0.25) is 0 Å². The van der Waals surface area contributed by atoms with E-state index in [-0.39, 0.29) is 38.6 Å². The van der Waals surface area contributed by atoms with Crippen molar-refractivity contribution < 1.29 is 37.6 Å². The number of nitrogens with two attached hydrogens (primary N) is 1. The maximum Gasteiger partial charge on any atom is 0.472 e. The van der Waals surface area contributed by atoms with Gasteiger partial charge in [-0.25, -0.2) is 4.57 Å². The number of rotatable bonds is 41. The van der Waals surface area contributed by atoms with E-state index in [9.17, 15) is 19.0 Å². The molecule has 0 saturated carbocycles. The Labute approximate surface area is 325 Å². The molecule has 0 saturated heterocycles. The summed E-state index contributed by atoms with van der Waals surface area (Å²) in [6.45, 7) is 3.72. The van der Waals surface area contributed by atoms with Crippen LogP contribution in [0.15, 0.2) is 24.3 Å². The van der Waals surface area contributed by atoms with Gasteiger partial charge in [0.2, 0.25) is 0 Å². The maximum atomic E-state index is 12.6. The lowest BCUT2D eigenvalue weighted by molar-refractivity contribution is -0.161. The molecule has 0 radical (unpaired) electrons. The van der Waals surface area contributed by atoms with Crippen LogP contribution < -0.4 is 5.73 Å². The highest BCUT2D eigenvalue weighted by Gasteiger charge is 2.26. The molecule has 0 aromatic carbocycles. The van der Waals surface area contributed by atoms with E-state index in [1.807, 2.05) is 0 Å². The number of phosphoric acid groups is 1. The number of phosphoric ester groups is 1. The van der Waals surface area contributed by atoms with Gasteiger partial charge >= 0.3 is 19.8 Å². The summed E-state index contributed by atoms with van der Waals surface area (Å²) >= 11 is 0. The molecule has 10 heteroatoms. The van der Waals surface area contributed by atoms with Gasteiger partial charge in [0, 0.05) is 19.4 Å². The minimum Gasteiger partial charge on any atom is -0.462 e. The Kier molecular flexibility index (Phi) is 39.0. The highest BCUT2D eigenvalue weighted by Crippen LogP contribution is 2.43. The molecule has 2 unspecified atom stereocenters. The molecule has 0 fully saturated rings. The predicted octanol–water partition coefficient (Wildman–Crippen LogP) is 12.4. The van der Waals surface area contributed by atoms with E-state index in [2.05, 4.69) is 38.2 Å². The molecule has 312 valence electrons. The van der Waals surface area contributed by atoms with Gasteiger partial charge in [-0.1, -0.05) is 173 Å². The van der Waals surface area contributed by atoms with Gasteiger partial charge in [-0.05, 0) is 44.9 Å². The lowest BCUT2D eigenvalue weighted by Crippen LogP contribution is -2.29. The van der Waals surface area contributed by atoms with E-state index in [0.29, 0.717) is 6.42 Å². The van der Waals surface area contributed by atoms with Crippen LogP contribution in [-0.4, -0.2) is 49.3 Å². The normalized spacial score (nSPS) is 13.5. The largest absolute Gasteiger partial charge is 0.472 e. The zero-order chi connectivity index (χ0) is 38.9. The van der Waals surface area contributed by atoms with Crippen LogP contribution in [0.25, 0.3) is 0 Å². The second-order valence-corrected chi connectivity index (χ2v) is 16.0. The van der Waals surface area contributed by atoms with E-state index in [1.54, 1.807) is 0 Å². The molecule has 0 aliphatic rings. The molecule has 0 aliphatic carbocycles. The Morgan fingerprint density at radius 2 is 0.981 bits per heavy atom. The zero-order valence-corrected chi connectivity index (χ0v) is 35.2. The van der Waals surface area contributed by atoms with Crippen LogP contribution >= 0.6 is 7.82 Å². The summed E-state index contributed by atoms with van der Waals surface area (Å²) in [5.74, 6) is -0.830. The van der Waals surface area contributed by atoms with Gasteiger partial charge in [-0.2, -0.15) is 0 Å². The number of carbonyl (C=O) groups excluding carboxylic acids is 2. The Hall–Kier alpha value is -1.51. The highest BCUT2D eigenvalue weighted by atomic mass is 31.2. The summed E-state index contributed by atoms with van der Waals surface area (Å²) in [5, 5.41) is 0. The summed E-state index contributed by atoms with van der Waals surface area (Å²) in [5.41, 5.74) is 5.35. The van der Waals surface area contributed by atoms with Crippen LogP contribution in [0.5, 0.6) is 0 Å². The molecule has 0 heterocycles. The molecule has 0 aromatic heterocycles. The molecular formula is C43H82NO8P. The zero-order valence-electron chi connectivity index (χ0n) is 34.3. The first-order chi connectivity index (χ1) is 25.8. The molecule has 0 aromatic rings. The number of unbranched alkanes of at least 4 members (excludes halogenated alkanes) is 24. The van der Waals surface area contributed by atoms with Gasteiger partial charge in [-0.15, -0.1) is 0 Å². The fourth-order valence-electron chi connectivity index (χ4n) is 6.08. The van der Waals surface area contributed by atoms with Gasteiger partial charge in [-0.3, -0.25) is 18.6 Å². The molecule has 0 bridgehead atoms. The predicted molar refractivity (Wildman–Crippen MR) is 220 cm³/mol. The lowest BCUT2D eigenvalue weighted by atomic mass is 10.0. The second kappa shape index (κ2) is 40.2. The average Bonchev–Trinajstić information content (AvgIpc) is 3.14. The van der Waals surface area contributed by atoms with Crippen molar-refractivity contribution in [2.45, 2.75) is 213 Å². The van der Waals surface area contributed by atoms with Crippen molar-refractivity contribution in [1.82, 2.24) is 0 Å². The van der Waals surface area contributed by atoms with E-state index in [4.69, 9.17) is 24.3 Å². The van der Waals surface area contributed by atoms with E-state index >= 15 is 0 Å². The average molecular weight is 772 g/mol. The summed E-state index contributed by atoms with van der Waals surface area (Å²) < 4.78 is 32.8. The van der Waals surface area contributed by atoms with Crippen molar-refractivity contribution in [2.24, 2.45) is 5.73 Å². The monoisotopic (exact) mass is 772 g/mol. The third-order valence-corrected chi connectivity index (χ3v) is 10.3. The first-order valence-electron chi connectivity index (χ1n) is 21.8. The van der Waals surface area contributed by atoms with Crippen LogP contribution in [0.3, 0.4) is 0 Å². The topological polar surface area (TPSA) is 134 Å². The van der Waals surface area contributed by atoms with Crippen LogP contribution in [0.4, 0.5) is 0 Å². The molecule has 0 rings (SSSR count). The number of hydrogen-bond acceptors (Lipinski definition) is 8. The first kappa shape index (κ1) is 51.5. The lowest BCUT2D eigenvalue weighted by Gasteiger charge is -2.19. The standard InChI is InChI=1S/C43H82NO8P/c1-3-5-7-9-11-13-15-17-19-20-22-23-25-27-29-31-33-35-42(45)49-39-41(40-51-53(47,48)50-38-37-44)52-43(46)36-34-32-30-28-26-24-21-18-16-14-12-10-8-6-4-2/h11,13,17,19,41H,3-10,12,14-16,18,20-40,44H2,1-2H3,(H,47,48). The van der Waals surface area contributed by atoms with Crippen LogP contribution in [0.1, 0.15) is 206 Å². The third kappa shape index (κ3) is 40.0. The van der Waals surface area contributed by atoms with Crippen molar-refractivity contribution in [3.05, 3.63) is 24.3 Å². The van der Waals surface area contributed by atoms with Crippen molar-refractivity contribution in [1.29, 1.82) is 0 Å². The SMILES string of the molecule is CCCCCC=CCC=CCCCCCCCCCC(=O)OCC(COP(=O)(O)OCCN)OC(=O)CCCCCCCCCCCCCCCCC. The molecule has 0 spiro atoms. The molecule has 9 nitrogen and oxygen atoms in total. The molecule has 2 atom stereocenters. The van der Waals surface area contributed by atoms with Crippen molar-refractivity contribution in [3.63, 3.8) is 0 Å². The number of ether oxygens (including phenoxy) is 2. The highest BCUT2D eigenvalue weighted by molar-refractivity contribution is 7.47. The number of esters is 2. The molecular weight excluding hydrogens is 689 g/mol. The minimum atomic E-state index is -4.37. The number of carbonyl (C=O) groups is 2. The third-order valence-electron chi connectivity index (χ3n) is 9.34. The van der Waals surface area contributed by atoms with Gasteiger partial charge in [0.05, 0.1) is 13.2 Å². The van der Waals surface area contributed by atoms with Crippen LogP contribution in [0, 0.1) is 0 Å². The van der Waals surface area contributed by atoms with E-state index in [1.165, 1.54) is 122 Å². The fraction of sp³-hybridized carbons (Fsp3) is 0.860. The molecule has 53 heavy (non-hydrogen) atoms. The Morgan fingerprint density at radius 3 is 1.47 bits per heavy atom. The minimum absolute atomic E-state index is 0.0539. The number of hydrogen-bond donors (Lipinski definition) is 2. The summed E-state index contributed by atoms with van der Waals surface area (Å²) in [6.07, 6.45) is 42.0. The van der Waals surface area contributed by atoms with Crippen LogP contribution in [-0.2, 0) is 32.7 Å². The Balaban J connectivity index is 4.14. The Bertz CT molecular complexity index is 928. The first-order valence-corrected chi connectivity index (χ1v) is 23.3. The maximum absolute atomic E-state index is 12.6. The molecule has 3 N–H and O–H groups in total. The van der Waals surface area contributed by atoms with E-state index < -0.39 is 26.5 Å². The second-order valence-electron chi connectivity index (χ2n) is 14.6. The Morgan fingerprint density at radius 1 is 0.566 bits per heavy atom. The quantitative estimate of drug-likeness (QED) is 0.0269. The van der Waals surface area contributed by atoms with E-state index in [0.717, 1.165) is 51.4 Å². The number of allylic oxidation sites excluding steroid dienone is 4. The van der Waals surface area contributed by atoms with Gasteiger partial charge in [0.15, 0.2) is 6.10 Å². The van der Waals surface area contributed by atoms with Gasteiger partial charge in [0.25, 0.3) is 0 Å². The smallest absolute Gasteiger partial charge is 0.462 e.